The minimum Gasteiger partial charge on any atom is -0.491 e. The zero-order chi connectivity index (χ0) is 22.2. The number of aliphatic hydroxyl groups excluding tert-OH is 2. The molecule has 4 rings (SSSR count). The summed E-state index contributed by atoms with van der Waals surface area (Å²) < 4.78 is 17.4. The molecule has 1 saturated carbocycles. The van der Waals surface area contributed by atoms with Crippen molar-refractivity contribution in [1.29, 1.82) is 0 Å². The fourth-order valence-electron chi connectivity index (χ4n) is 3.80. The van der Waals surface area contributed by atoms with Crippen LogP contribution in [0.15, 0.2) is 42.5 Å². The Hall–Kier alpha value is -1.63. The van der Waals surface area contributed by atoms with Crippen LogP contribution in [0, 0.1) is 0 Å². The number of rotatable bonds is 8. The second kappa shape index (κ2) is 11.8. The van der Waals surface area contributed by atoms with Gasteiger partial charge >= 0.3 is 0 Å². The second-order valence-electron chi connectivity index (χ2n) is 8.15. The summed E-state index contributed by atoms with van der Waals surface area (Å²) in [6, 6.07) is 14.2. The van der Waals surface area contributed by atoms with Crippen molar-refractivity contribution < 1.29 is 24.4 Å². The van der Waals surface area contributed by atoms with Gasteiger partial charge in [-0.3, -0.25) is 0 Å². The molecule has 6 heteroatoms. The quantitative estimate of drug-likeness (QED) is 0.573. The molecule has 0 aromatic heterocycles. The Morgan fingerprint density at radius 1 is 1.03 bits per heavy atom. The first-order chi connectivity index (χ1) is 15.1. The van der Waals surface area contributed by atoms with Crippen LogP contribution in [0.3, 0.4) is 0 Å². The van der Waals surface area contributed by atoms with Gasteiger partial charge in [-0.15, -0.1) is 0 Å². The number of hydrogen-bond donors (Lipinski definition) is 2. The van der Waals surface area contributed by atoms with Crippen LogP contribution in [0.1, 0.15) is 55.4 Å². The molecule has 31 heavy (non-hydrogen) atoms. The number of benzene rings is 2. The van der Waals surface area contributed by atoms with Crippen molar-refractivity contribution >= 4 is 11.6 Å². The van der Waals surface area contributed by atoms with Crippen molar-refractivity contribution in [2.24, 2.45) is 0 Å². The monoisotopic (exact) mass is 448 g/mol. The molecule has 0 spiro atoms. The van der Waals surface area contributed by atoms with Crippen LogP contribution in [0.4, 0.5) is 0 Å². The largest absolute Gasteiger partial charge is 0.491 e. The molecule has 2 N–H and O–H groups in total. The molecule has 0 amide bonds. The molecule has 2 aliphatic rings. The summed E-state index contributed by atoms with van der Waals surface area (Å²) in [5.41, 5.74) is 3.31. The second-order valence-corrected chi connectivity index (χ2v) is 8.56. The van der Waals surface area contributed by atoms with Gasteiger partial charge in [-0.1, -0.05) is 35.9 Å². The van der Waals surface area contributed by atoms with Gasteiger partial charge in [0.25, 0.3) is 0 Å². The summed E-state index contributed by atoms with van der Waals surface area (Å²) in [5, 5.41) is 17.8. The lowest BCUT2D eigenvalue weighted by Crippen LogP contribution is -2.29. The van der Waals surface area contributed by atoms with Crippen LogP contribution in [-0.4, -0.2) is 48.8 Å². The van der Waals surface area contributed by atoms with E-state index in [1.807, 2.05) is 31.2 Å². The maximum absolute atomic E-state index is 10.1. The molecule has 3 atom stereocenters. The third-order valence-electron chi connectivity index (χ3n) is 5.48. The molecule has 2 aromatic carbocycles. The maximum Gasteiger partial charge on any atom is 0.119 e. The Morgan fingerprint density at radius 3 is 2.45 bits per heavy atom. The van der Waals surface area contributed by atoms with Gasteiger partial charge in [-0.25, -0.2) is 0 Å². The predicted octanol–water partition coefficient (Wildman–Crippen LogP) is 4.70. The molecule has 1 aliphatic heterocycles. The summed E-state index contributed by atoms with van der Waals surface area (Å²) in [7, 11) is 1.00. The zero-order valence-corrected chi connectivity index (χ0v) is 19.1. The lowest BCUT2D eigenvalue weighted by molar-refractivity contribution is -0.0895. The van der Waals surface area contributed by atoms with E-state index in [9.17, 15) is 5.11 Å². The molecule has 0 bridgehead atoms. The van der Waals surface area contributed by atoms with E-state index in [0.29, 0.717) is 32.2 Å². The van der Waals surface area contributed by atoms with Crippen LogP contribution in [-0.2, 0) is 15.9 Å². The first kappa shape index (κ1) is 24.0. The topological polar surface area (TPSA) is 68.2 Å². The number of halogens is 1. The molecule has 2 fully saturated rings. The lowest BCUT2D eigenvalue weighted by atomic mass is 9.94. The third kappa shape index (κ3) is 7.48. The van der Waals surface area contributed by atoms with Gasteiger partial charge < -0.3 is 24.4 Å². The average molecular weight is 449 g/mol. The van der Waals surface area contributed by atoms with E-state index >= 15 is 0 Å². The molecule has 5 nitrogen and oxygen atoms in total. The van der Waals surface area contributed by atoms with Crippen molar-refractivity contribution in [3.63, 3.8) is 0 Å². The molecule has 170 valence electrons. The van der Waals surface area contributed by atoms with Gasteiger partial charge in [0, 0.05) is 18.6 Å². The van der Waals surface area contributed by atoms with Gasteiger partial charge in [0.2, 0.25) is 0 Å². The van der Waals surface area contributed by atoms with Crippen molar-refractivity contribution in [2.75, 3.05) is 20.3 Å². The summed E-state index contributed by atoms with van der Waals surface area (Å²) >= 11 is 6.46. The minimum absolute atomic E-state index is 0.0603. The molecular weight excluding hydrogens is 416 g/mol. The highest BCUT2D eigenvalue weighted by atomic mass is 35.5. The number of hydrogen-bond acceptors (Lipinski definition) is 5. The van der Waals surface area contributed by atoms with E-state index in [1.165, 1.54) is 18.4 Å². The minimum atomic E-state index is -0.315. The van der Waals surface area contributed by atoms with E-state index in [-0.39, 0.29) is 18.3 Å². The van der Waals surface area contributed by atoms with Gasteiger partial charge in [0.05, 0.1) is 31.0 Å². The predicted molar refractivity (Wildman–Crippen MR) is 122 cm³/mol. The Labute approximate surface area is 189 Å². The van der Waals surface area contributed by atoms with Gasteiger partial charge in [0.15, 0.2) is 0 Å². The number of ether oxygens (including phenoxy) is 3. The first-order valence-electron chi connectivity index (χ1n) is 11.0. The standard InChI is InChI=1S/C24H29ClO4.CH4O/c1-16-12-20(26)15-24(29-16)18-4-9-23(25)19(14-18)13-17-2-5-21(6-3-17)27-10-11-28-22-7-8-22;1-2/h2-6,9,14,16,20,22,24,26H,7-8,10-13,15H2,1H3;2H,1H3. The van der Waals surface area contributed by atoms with E-state index < -0.39 is 0 Å². The van der Waals surface area contributed by atoms with Crippen LogP contribution in [0.2, 0.25) is 5.02 Å². The Bertz CT molecular complexity index is 796. The molecular formula is C25H33ClO5. The molecule has 0 radical (unpaired) electrons. The number of aliphatic hydroxyl groups is 2. The third-order valence-corrected chi connectivity index (χ3v) is 5.84. The van der Waals surface area contributed by atoms with Crippen molar-refractivity contribution in [3.8, 4) is 5.75 Å². The summed E-state index contributed by atoms with van der Waals surface area (Å²) in [4.78, 5) is 0. The Balaban J connectivity index is 0.00000132. The highest BCUT2D eigenvalue weighted by Gasteiger charge is 2.27. The molecule has 2 aromatic rings. The van der Waals surface area contributed by atoms with Crippen molar-refractivity contribution in [3.05, 3.63) is 64.2 Å². The normalized spacial score (nSPS) is 23.1. The zero-order valence-electron chi connectivity index (χ0n) is 18.3. The van der Waals surface area contributed by atoms with Crippen LogP contribution < -0.4 is 4.74 Å². The van der Waals surface area contributed by atoms with E-state index in [0.717, 1.165) is 35.4 Å². The van der Waals surface area contributed by atoms with Crippen LogP contribution >= 0.6 is 11.6 Å². The van der Waals surface area contributed by atoms with Crippen molar-refractivity contribution in [2.45, 2.75) is 63.4 Å². The fraction of sp³-hybridized carbons (Fsp3) is 0.520. The summed E-state index contributed by atoms with van der Waals surface area (Å²) in [5.74, 6) is 0.853. The average Bonchev–Trinajstić information content (AvgIpc) is 3.59. The highest BCUT2D eigenvalue weighted by molar-refractivity contribution is 6.31. The maximum atomic E-state index is 10.1. The molecule has 1 saturated heterocycles. The van der Waals surface area contributed by atoms with E-state index in [1.54, 1.807) is 0 Å². The summed E-state index contributed by atoms with van der Waals surface area (Å²) in [6.45, 7) is 3.23. The Morgan fingerprint density at radius 2 is 1.77 bits per heavy atom. The smallest absolute Gasteiger partial charge is 0.119 e. The summed E-state index contributed by atoms with van der Waals surface area (Å²) in [6.07, 6.45) is 4.55. The van der Waals surface area contributed by atoms with Crippen LogP contribution in [0.5, 0.6) is 5.75 Å². The fourth-order valence-corrected chi connectivity index (χ4v) is 3.98. The Kier molecular flexibility index (Phi) is 9.17. The van der Waals surface area contributed by atoms with E-state index in [2.05, 4.69) is 18.2 Å². The van der Waals surface area contributed by atoms with Gasteiger partial charge in [0.1, 0.15) is 12.4 Å². The van der Waals surface area contributed by atoms with Crippen LogP contribution in [0.25, 0.3) is 0 Å². The molecule has 3 unspecified atom stereocenters. The van der Waals surface area contributed by atoms with Gasteiger partial charge in [-0.05, 0) is 67.5 Å². The SMILES string of the molecule is CC1CC(O)CC(c2ccc(Cl)c(Cc3ccc(OCCOC4CC4)cc3)c2)O1.CO. The molecule has 1 aliphatic carbocycles. The van der Waals surface area contributed by atoms with Crippen molar-refractivity contribution in [1.82, 2.24) is 0 Å². The first-order valence-corrected chi connectivity index (χ1v) is 11.3. The highest BCUT2D eigenvalue weighted by Crippen LogP contribution is 2.33. The van der Waals surface area contributed by atoms with Gasteiger partial charge in [-0.2, -0.15) is 0 Å². The lowest BCUT2D eigenvalue weighted by Gasteiger charge is -2.31. The molecule has 1 heterocycles. The van der Waals surface area contributed by atoms with E-state index in [4.69, 9.17) is 30.9 Å².